The van der Waals surface area contributed by atoms with Gasteiger partial charge in [-0.25, -0.2) is 4.39 Å². The van der Waals surface area contributed by atoms with Crippen molar-refractivity contribution in [2.24, 2.45) is 5.73 Å². The molecule has 0 spiro atoms. The summed E-state index contributed by atoms with van der Waals surface area (Å²) >= 11 is 0. The van der Waals surface area contributed by atoms with Crippen LogP contribution < -0.4 is 5.73 Å². The number of benzene rings is 1. The van der Waals surface area contributed by atoms with E-state index in [2.05, 4.69) is 14.7 Å². The van der Waals surface area contributed by atoms with E-state index in [1.54, 1.807) is 0 Å². The first-order valence-corrected chi connectivity index (χ1v) is 5.28. The second-order valence-corrected chi connectivity index (χ2v) is 3.76. The molecule has 0 saturated carbocycles. The van der Waals surface area contributed by atoms with Crippen molar-refractivity contribution in [3.8, 4) is 11.4 Å². The highest BCUT2D eigenvalue weighted by Crippen LogP contribution is 2.30. The van der Waals surface area contributed by atoms with Crippen molar-refractivity contribution in [3.05, 3.63) is 39.8 Å². The number of hydrogen-bond donors (Lipinski definition) is 2. The lowest BCUT2D eigenvalue weighted by Gasteiger charge is -2.01. The Bertz CT molecular complexity index is 661. The third kappa shape index (κ3) is 2.33. The zero-order chi connectivity index (χ0) is 14.9. The number of nitro benzene ring substituents is 1. The molecular formula is C10H8F2N4O4. The molecular weight excluding hydrogens is 278 g/mol. The number of nitrogens with two attached hydrogens (primary N) is 1. The molecule has 2 rings (SSSR count). The smallest absolute Gasteiger partial charge is 0.305 e. The molecule has 1 unspecified atom stereocenters. The molecule has 10 heteroatoms. The summed E-state index contributed by atoms with van der Waals surface area (Å²) in [6, 6.07) is 0.397. The van der Waals surface area contributed by atoms with Crippen molar-refractivity contribution in [2.45, 2.75) is 6.04 Å². The van der Waals surface area contributed by atoms with Crippen molar-refractivity contribution in [1.29, 1.82) is 0 Å². The molecule has 8 nitrogen and oxygen atoms in total. The Morgan fingerprint density at radius 2 is 2.20 bits per heavy atom. The van der Waals surface area contributed by atoms with Crippen LogP contribution in [0.2, 0.25) is 0 Å². The zero-order valence-electron chi connectivity index (χ0n) is 9.79. The van der Waals surface area contributed by atoms with Gasteiger partial charge in [0.1, 0.15) is 17.4 Å². The summed E-state index contributed by atoms with van der Waals surface area (Å²) in [4.78, 5) is 13.2. The maximum absolute atomic E-state index is 13.9. The zero-order valence-corrected chi connectivity index (χ0v) is 9.79. The molecule has 0 aliphatic rings. The van der Waals surface area contributed by atoms with Gasteiger partial charge in [0, 0.05) is 6.07 Å². The van der Waals surface area contributed by atoms with Crippen LogP contribution >= 0.6 is 0 Å². The molecule has 0 bridgehead atoms. The molecule has 0 radical (unpaired) electrons. The van der Waals surface area contributed by atoms with Crippen LogP contribution in [0.5, 0.6) is 0 Å². The topological polar surface area (TPSA) is 128 Å². The fourth-order valence-corrected chi connectivity index (χ4v) is 1.45. The first-order valence-electron chi connectivity index (χ1n) is 5.28. The average Bonchev–Trinajstić information content (AvgIpc) is 2.87. The Balaban J connectivity index is 2.55. The summed E-state index contributed by atoms with van der Waals surface area (Å²) in [5, 5.41) is 22.7. The molecule has 2 aromatic rings. The number of nitro groups is 1. The lowest BCUT2D eigenvalue weighted by molar-refractivity contribution is -0.387. The normalized spacial score (nSPS) is 12.4. The molecule has 0 saturated heterocycles. The fraction of sp³-hybridized carbons (Fsp3) is 0.200. The van der Waals surface area contributed by atoms with Gasteiger partial charge >= 0.3 is 5.69 Å². The predicted octanol–water partition coefficient (Wildman–Crippen LogP) is 0.915. The molecule has 3 N–H and O–H groups in total. The van der Waals surface area contributed by atoms with E-state index in [4.69, 9.17) is 10.8 Å². The van der Waals surface area contributed by atoms with Gasteiger partial charge in [0.05, 0.1) is 11.5 Å². The largest absolute Gasteiger partial charge is 0.394 e. The van der Waals surface area contributed by atoms with E-state index in [0.717, 1.165) is 6.07 Å². The van der Waals surface area contributed by atoms with Crippen LogP contribution in [-0.2, 0) is 0 Å². The minimum Gasteiger partial charge on any atom is -0.394 e. The second-order valence-electron chi connectivity index (χ2n) is 3.76. The Kier molecular flexibility index (Phi) is 3.68. The van der Waals surface area contributed by atoms with Crippen LogP contribution in [0.1, 0.15) is 11.9 Å². The monoisotopic (exact) mass is 286 g/mol. The Hall–Kier alpha value is -2.46. The first kappa shape index (κ1) is 14.0. The minimum absolute atomic E-state index is 0.243. The molecule has 106 valence electrons. The standard InChI is InChI=1S/C10H8F2N4O4/c11-4-1-2-6(16(18)19)8(12)7(4)9-14-10(20-15-9)5(13)3-17/h1-2,5,17H,3,13H2. The third-order valence-corrected chi connectivity index (χ3v) is 2.45. The quantitative estimate of drug-likeness (QED) is 0.631. The SMILES string of the molecule is NC(CO)c1nc(-c2c(F)ccc([N+](=O)[O-])c2F)no1. The summed E-state index contributed by atoms with van der Waals surface area (Å²) in [6.45, 7) is -0.512. The average molecular weight is 286 g/mol. The van der Waals surface area contributed by atoms with Gasteiger partial charge in [-0.15, -0.1) is 0 Å². The fourth-order valence-electron chi connectivity index (χ4n) is 1.45. The molecule has 0 aliphatic carbocycles. The minimum atomic E-state index is -1.42. The van der Waals surface area contributed by atoms with Crippen molar-refractivity contribution in [2.75, 3.05) is 6.61 Å². The molecule has 20 heavy (non-hydrogen) atoms. The summed E-state index contributed by atoms with van der Waals surface area (Å²) in [5.41, 5.74) is 3.69. The van der Waals surface area contributed by atoms with E-state index >= 15 is 0 Å². The number of nitrogens with zero attached hydrogens (tertiary/aromatic N) is 3. The van der Waals surface area contributed by atoms with Crippen molar-refractivity contribution in [1.82, 2.24) is 10.1 Å². The van der Waals surface area contributed by atoms with Gasteiger partial charge in [-0.3, -0.25) is 10.1 Å². The first-order chi connectivity index (χ1) is 9.45. The number of rotatable bonds is 4. The molecule has 0 aliphatic heterocycles. The molecule has 0 fully saturated rings. The third-order valence-electron chi connectivity index (χ3n) is 2.45. The number of aliphatic hydroxyl groups is 1. The van der Waals surface area contributed by atoms with Crippen molar-refractivity contribution < 1.29 is 23.3 Å². The molecule has 0 amide bonds. The van der Waals surface area contributed by atoms with E-state index in [1.165, 1.54) is 0 Å². The lowest BCUT2D eigenvalue weighted by Crippen LogP contribution is -2.14. The highest BCUT2D eigenvalue weighted by Gasteiger charge is 2.26. The van der Waals surface area contributed by atoms with Gasteiger partial charge in [0.15, 0.2) is 0 Å². The van der Waals surface area contributed by atoms with Gasteiger partial charge in [-0.2, -0.15) is 9.37 Å². The number of hydrogen-bond acceptors (Lipinski definition) is 7. The Labute approximate surface area is 110 Å². The maximum Gasteiger partial charge on any atom is 0.305 e. The van der Waals surface area contributed by atoms with E-state index in [1.807, 2.05) is 0 Å². The summed E-state index contributed by atoms with van der Waals surface area (Å²) in [6.07, 6.45) is 0. The van der Waals surface area contributed by atoms with Crippen LogP contribution in [-0.4, -0.2) is 26.8 Å². The molecule has 1 aromatic heterocycles. The van der Waals surface area contributed by atoms with E-state index in [9.17, 15) is 18.9 Å². The van der Waals surface area contributed by atoms with Crippen molar-refractivity contribution >= 4 is 5.69 Å². The highest BCUT2D eigenvalue weighted by molar-refractivity contribution is 5.61. The summed E-state index contributed by atoms with van der Waals surface area (Å²) in [5.74, 6) is -3.27. The Morgan fingerprint density at radius 3 is 2.80 bits per heavy atom. The van der Waals surface area contributed by atoms with Crippen LogP contribution in [0, 0.1) is 21.7 Å². The van der Waals surface area contributed by atoms with Gasteiger partial charge in [-0.1, -0.05) is 5.16 Å². The highest BCUT2D eigenvalue weighted by atomic mass is 19.1. The maximum atomic E-state index is 13.9. The second kappa shape index (κ2) is 5.27. The van der Waals surface area contributed by atoms with Crippen molar-refractivity contribution in [3.63, 3.8) is 0 Å². The van der Waals surface area contributed by atoms with Crippen LogP contribution in [0.4, 0.5) is 14.5 Å². The number of aromatic nitrogens is 2. The van der Waals surface area contributed by atoms with Crippen LogP contribution in [0.15, 0.2) is 16.7 Å². The van der Waals surface area contributed by atoms with Gasteiger partial charge in [0.2, 0.25) is 17.5 Å². The van der Waals surface area contributed by atoms with Crippen LogP contribution in [0.25, 0.3) is 11.4 Å². The predicted molar refractivity (Wildman–Crippen MR) is 60.3 cm³/mol. The van der Waals surface area contributed by atoms with Gasteiger partial charge < -0.3 is 15.4 Å². The lowest BCUT2D eigenvalue weighted by atomic mass is 10.1. The Morgan fingerprint density at radius 1 is 1.50 bits per heavy atom. The van der Waals surface area contributed by atoms with Gasteiger partial charge in [-0.05, 0) is 6.07 Å². The van der Waals surface area contributed by atoms with E-state index in [-0.39, 0.29) is 5.89 Å². The molecule has 1 aromatic carbocycles. The van der Waals surface area contributed by atoms with E-state index < -0.39 is 46.3 Å². The number of aliphatic hydroxyl groups excluding tert-OH is 1. The summed E-state index contributed by atoms with van der Waals surface area (Å²) < 4.78 is 32.1. The number of halogens is 2. The van der Waals surface area contributed by atoms with E-state index in [0.29, 0.717) is 6.07 Å². The molecule has 1 heterocycles. The molecule has 1 atom stereocenters. The van der Waals surface area contributed by atoms with Gasteiger partial charge in [0.25, 0.3) is 0 Å². The van der Waals surface area contributed by atoms with Crippen LogP contribution in [0.3, 0.4) is 0 Å². The summed E-state index contributed by atoms with van der Waals surface area (Å²) in [7, 11) is 0.